The van der Waals surface area contributed by atoms with E-state index in [1.165, 1.54) is 4.31 Å². The van der Waals surface area contributed by atoms with Gasteiger partial charge in [0.1, 0.15) is 11.5 Å². The molecule has 1 fully saturated rings. The van der Waals surface area contributed by atoms with Gasteiger partial charge < -0.3 is 9.47 Å². The molecular weight excluding hydrogens is 402 g/mol. The maximum Gasteiger partial charge on any atom is 0.262 e. The molecule has 8 heteroatoms. The molecule has 30 heavy (non-hydrogen) atoms. The van der Waals surface area contributed by atoms with Crippen LogP contribution in [0.25, 0.3) is 0 Å². The monoisotopic (exact) mass is 427 g/mol. The van der Waals surface area contributed by atoms with Gasteiger partial charge in [-0.05, 0) is 54.3 Å². The first kappa shape index (κ1) is 20.4. The second-order valence-corrected chi connectivity index (χ2v) is 9.22. The fourth-order valence-corrected chi connectivity index (χ4v) is 4.56. The maximum atomic E-state index is 13.4. The summed E-state index contributed by atoms with van der Waals surface area (Å²) in [5.74, 6) is 1.46. The van der Waals surface area contributed by atoms with Gasteiger partial charge >= 0.3 is 0 Å². The summed E-state index contributed by atoms with van der Waals surface area (Å²) in [5.41, 5.74) is 1.74. The van der Waals surface area contributed by atoms with Gasteiger partial charge in [-0.2, -0.15) is 9.40 Å². The van der Waals surface area contributed by atoms with Crippen molar-refractivity contribution in [3.63, 3.8) is 0 Å². The molecule has 1 aliphatic carbocycles. The molecule has 1 saturated carbocycles. The van der Waals surface area contributed by atoms with Gasteiger partial charge in [-0.25, -0.2) is 8.42 Å². The van der Waals surface area contributed by atoms with Crippen LogP contribution in [-0.4, -0.2) is 36.7 Å². The van der Waals surface area contributed by atoms with Gasteiger partial charge in [0.15, 0.2) is 5.03 Å². The molecule has 1 aromatic heterocycles. The van der Waals surface area contributed by atoms with Gasteiger partial charge in [-0.1, -0.05) is 24.3 Å². The number of aromatic nitrogens is 2. The van der Waals surface area contributed by atoms with E-state index < -0.39 is 10.0 Å². The van der Waals surface area contributed by atoms with Crippen molar-refractivity contribution >= 4 is 10.0 Å². The molecule has 0 amide bonds. The number of hydrogen-bond acceptors (Lipinski definition) is 5. The van der Waals surface area contributed by atoms with E-state index in [-0.39, 0.29) is 18.1 Å². The first-order chi connectivity index (χ1) is 14.5. The Morgan fingerprint density at radius 3 is 1.83 bits per heavy atom. The number of hydrogen-bond donors (Lipinski definition) is 0. The molecule has 0 spiro atoms. The van der Waals surface area contributed by atoms with Crippen LogP contribution in [0.2, 0.25) is 0 Å². The van der Waals surface area contributed by atoms with E-state index in [1.54, 1.807) is 31.2 Å². The van der Waals surface area contributed by atoms with Crippen molar-refractivity contribution in [3.05, 3.63) is 71.9 Å². The molecule has 2 aromatic carbocycles. The number of sulfonamides is 1. The molecule has 0 bridgehead atoms. The van der Waals surface area contributed by atoms with Gasteiger partial charge in [0.05, 0.1) is 20.3 Å². The fourth-order valence-electron chi connectivity index (χ4n) is 3.23. The SMILES string of the molecule is COc1ccc(CN(Cc2ccc(OC)cc2)S(=O)(=O)c2ccn(C3CC3)n2)cc1. The predicted octanol–water partition coefficient (Wildman–Crippen LogP) is 3.63. The molecule has 0 radical (unpaired) electrons. The Morgan fingerprint density at radius 2 is 1.40 bits per heavy atom. The quantitative estimate of drug-likeness (QED) is 0.521. The third kappa shape index (κ3) is 4.49. The molecule has 0 saturated heterocycles. The minimum absolute atomic E-state index is 0.0800. The molecule has 158 valence electrons. The Balaban J connectivity index is 1.63. The zero-order valence-electron chi connectivity index (χ0n) is 17.1. The summed E-state index contributed by atoms with van der Waals surface area (Å²) < 4.78 is 40.5. The lowest BCUT2D eigenvalue weighted by atomic mass is 10.2. The van der Waals surface area contributed by atoms with Gasteiger partial charge in [0.25, 0.3) is 10.0 Å². The minimum atomic E-state index is -3.77. The van der Waals surface area contributed by atoms with Crippen LogP contribution < -0.4 is 9.47 Å². The van der Waals surface area contributed by atoms with Crippen molar-refractivity contribution < 1.29 is 17.9 Å². The number of rotatable bonds is 9. The predicted molar refractivity (Wildman–Crippen MR) is 113 cm³/mol. The minimum Gasteiger partial charge on any atom is -0.497 e. The van der Waals surface area contributed by atoms with Crippen LogP contribution in [0.3, 0.4) is 0 Å². The summed E-state index contributed by atoms with van der Waals surface area (Å²) in [6.07, 6.45) is 3.84. The average molecular weight is 428 g/mol. The topological polar surface area (TPSA) is 73.7 Å². The van der Waals surface area contributed by atoms with E-state index in [4.69, 9.17) is 9.47 Å². The van der Waals surface area contributed by atoms with Crippen LogP contribution in [0.4, 0.5) is 0 Å². The Morgan fingerprint density at radius 1 is 0.900 bits per heavy atom. The van der Waals surface area contributed by atoms with Crippen molar-refractivity contribution in [2.75, 3.05) is 14.2 Å². The lowest BCUT2D eigenvalue weighted by molar-refractivity contribution is 0.395. The molecule has 1 heterocycles. The van der Waals surface area contributed by atoms with E-state index in [9.17, 15) is 8.42 Å². The number of methoxy groups -OCH3 is 2. The molecule has 0 atom stereocenters. The summed E-state index contributed by atoms with van der Waals surface area (Å²) in [6, 6.07) is 16.7. The lowest BCUT2D eigenvalue weighted by Gasteiger charge is -2.21. The summed E-state index contributed by atoms with van der Waals surface area (Å²) >= 11 is 0. The van der Waals surface area contributed by atoms with Crippen molar-refractivity contribution in [1.82, 2.24) is 14.1 Å². The molecule has 0 aliphatic heterocycles. The Labute approximate surface area is 176 Å². The fraction of sp³-hybridized carbons (Fsp3) is 0.318. The molecular formula is C22H25N3O4S. The molecule has 0 N–H and O–H groups in total. The standard InChI is InChI=1S/C22H25N3O4S/c1-28-20-9-3-17(4-10-20)15-24(16-18-5-11-21(29-2)12-6-18)30(26,27)22-13-14-25(23-22)19-7-8-19/h3-6,9-14,19H,7-8,15-16H2,1-2H3. The second-order valence-electron chi connectivity index (χ2n) is 7.33. The number of benzene rings is 2. The summed E-state index contributed by atoms with van der Waals surface area (Å²) in [6.45, 7) is 0.462. The molecule has 4 rings (SSSR count). The summed E-state index contributed by atoms with van der Waals surface area (Å²) in [4.78, 5) is 0. The van der Waals surface area contributed by atoms with E-state index in [1.807, 2.05) is 48.5 Å². The third-order valence-corrected chi connectivity index (χ3v) is 6.83. The zero-order valence-corrected chi connectivity index (χ0v) is 17.9. The Kier molecular flexibility index (Phi) is 5.78. The van der Waals surface area contributed by atoms with E-state index in [0.717, 1.165) is 35.5 Å². The maximum absolute atomic E-state index is 13.4. The van der Waals surface area contributed by atoms with Crippen LogP contribution in [0, 0.1) is 0 Å². The van der Waals surface area contributed by atoms with Gasteiger partial charge in [-0.15, -0.1) is 0 Å². The van der Waals surface area contributed by atoms with E-state index >= 15 is 0 Å². The number of nitrogens with zero attached hydrogens (tertiary/aromatic N) is 3. The first-order valence-corrected chi connectivity index (χ1v) is 11.2. The van der Waals surface area contributed by atoms with Crippen molar-refractivity contribution in [2.24, 2.45) is 0 Å². The first-order valence-electron chi connectivity index (χ1n) is 9.81. The highest BCUT2D eigenvalue weighted by Crippen LogP contribution is 2.34. The highest BCUT2D eigenvalue weighted by atomic mass is 32.2. The van der Waals surface area contributed by atoms with Crippen LogP contribution in [0.5, 0.6) is 11.5 Å². The molecule has 7 nitrogen and oxygen atoms in total. The van der Waals surface area contributed by atoms with E-state index in [0.29, 0.717) is 6.04 Å². The Hall–Kier alpha value is -2.84. The summed E-state index contributed by atoms with van der Waals surface area (Å²) in [5, 5.41) is 4.43. The van der Waals surface area contributed by atoms with Crippen LogP contribution in [0.15, 0.2) is 65.8 Å². The summed E-state index contributed by atoms with van der Waals surface area (Å²) in [7, 11) is -0.569. The van der Waals surface area contributed by atoms with Gasteiger partial charge in [0.2, 0.25) is 0 Å². The normalized spacial score (nSPS) is 14.1. The number of ether oxygens (including phenoxy) is 2. The molecule has 0 unspecified atom stereocenters. The van der Waals surface area contributed by atoms with Gasteiger partial charge in [-0.3, -0.25) is 4.68 Å². The highest BCUT2D eigenvalue weighted by Gasteiger charge is 2.30. The Bertz CT molecular complexity index is 1040. The van der Waals surface area contributed by atoms with Crippen LogP contribution >= 0.6 is 0 Å². The van der Waals surface area contributed by atoms with Crippen molar-refractivity contribution in [1.29, 1.82) is 0 Å². The van der Waals surface area contributed by atoms with Crippen molar-refractivity contribution in [3.8, 4) is 11.5 Å². The van der Waals surface area contributed by atoms with E-state index in [2.05, 4.69) is 5.10 Å². The highest BCUT2D eigenvalue weighted by molar-refractivity contribution is 7.89. The smallest absolute Gasteiger partial charge is 0.262 e. The van der Waals surface area contributed by atoms with Crippen LogP contribution in [-0.2, 0) is 23.1 Å². The van der Waals surface area contributed by atoms with Crippen LogP contribution in [0.1, 0.15) is 30.0 Å². The van der Waals surface area contributed by atoms with Crippen molar-refractivity contribution in [2.45, 2.75) is 37.0 Å². The second kappa shape index (κ2) is 8.49. The zero-order chi connectivity index (χ0) is 21.1. The molecule has 1 aliphatic rings. The largest absolute Gasteiger partial charge is 0.497 e. The average Bonchev–Trinajstić information content (AvgIpc) is 3.50. The lowest BCUT2D eigenvalue weighted by Crippen LogP contribution is -2.30. The molecule has 3 aromatic rings. The van der Waals surface area contributed by atoms with Gasteiger partial charge in [0, 0.05) is 19.3 Å². The third-order valence-electron chi connectivity index (χ3n) is 5.15.